The number of aromatic nitrogens is 1. The van der Waals surface area contributed by atoms with Crippen molar-refractivity contribution in [1.29, 1.82) is 0 Å². The minimum absolute atomic E-state index is 0.602. The van der Waals surface area contributed by atoms with Gasteiger partial charge in [0.25, 0.3) is 0 Å². The molecule has 0 bridgehead atoms. The zero-order chi connectivity index (χ0) is 13.7. The molecule has 19 heavy (non-hydrogen) atoms. The highest BCUT2D eigenvalue weighted by atomic mass is 35.5. The van der Waals surface area contributed by atoms with Crippen LogP contribution in [0.3, 0.4) is 0 Å². The van der Waals surface area contributed by atoms with Crippen LogP contribution in [-0.2, 0) is 13.0 Å². The fourth-order valence-electron chi connectivity index (χ4n) is 1.90. The number of hydrogen-bond donors (Lipinski definition) is 0. The molecule has 0 N–H and O–H groups in total. The molecule has 1 aromatic carbocycles. The van der Waals surface area contributed by atoms with Gasteiger partial charge in [-0.25, -0.2) is 0 Å². The number of benzene rings is 1. The number of pyridine rings is 1. The van der Waals surface area contributed by atoms with Gasteiger partial charge < -0.3 is 4.90 Å². The van der Waals surface area contributed by atoms with E-state index < -0.39 is 0 Å². The summed E-state index contributed by atoms with van der Waals surface area (Å²) in [6.07, 6.45) is 4.67. The molecule has 0 fully saturated rings. The van der Waals surface area contributed by atoms with E-state index in [2.05, 4.69) is 16.9 Å². The quantitative estimate of drug-likeness (QED) is 0.827. The summed E-state index contributed by atoms with van der Waals surface area (Å²) in [5.74, 6) is 0. The average Bonchev–Trinajstić information content (AvgIpc) is 2.42. The molecule has 0 aliphatic rings. The Hall–Kier alpha value is -1.09. The van der Waals surface area contributed by atoms with Crippen molar-refractivity contribution in [2.45, 2.75) is 13.0 Å². The summed E-state index contributed by atoms with van der Waals surface area (Å²) in [7, 11) is 2.10. The highest BCUT2D eigenvalue weighted by Crippen LogP contribution is 2.23. The second kappa shape index (κ2) is 6.90. The third kappa shape index (κ3) is 4.50. The molecule has 0 unspecified atom stereocenters. The van der Waals surface area contributed by atoms with E-state index >= 15 is 0 Å². The highest BCUT2D eigenvalue weighted by Gasteiger charge is 2.04. The normalized spacial score (nSPS) is 10.9. The van der Waals surface area contributed by atoms with Crippen molar-refractivity contribution in [3.05, 3.63) is 63.9 Å². The third-order valence-corrected chi connectivity index (χ3v) is 3.71. The van der Waals surface area contributed by atoms with Crippen molar-refractivity contribution in [2.24, 2.45) is 0 Å². The molecule has 0 spiro atoms. The zero-order valence-electron chi connectivity index (χ0n) is 10.8. The lowest BCUT2D eigenvalue weighted by Gasteiger charge is -2.17. The number of hydrogen-bond acceptors (Lipinski definition) is 2. The maximum Gasteiger partial charge on any atom is 0.0595 e. The summed E-state index contributed by atoms with van der Waals surface area (Å²) >= 11 is 11.9. The molecule has 0 atom stereocenters. The molecule has 0 aliphatic carbocycles. The smallest absolute Gasteiger partial charge is 0.0595 e. The van der Waals surface area contributed by atoms with Crippen molar-refractivity contribution in [1.82, 2.24) is 9.88 Å². The molecule has 1 aromatic heterocycles. The maximum absolute atomic E-state index is 6.01. The predicted octanol–water partition coefficient (Wildman–Crippen LogP) is 4.06. The van der Waals surface area contributed by atoms with Gasteiger partial charge in [-0.2, -0.15) is 0 Å². The van der Waals surface area contributed by atoms with Crippen molar-refractivity contribution in [2.75, 3.05) is 13.6 Å². The van der Waals surface area contributed by atoms with Crippen LogP contribution >= 0.6 is 23.2 Å². The lowest BCUT2D eigenvalue weighted by atomic mass is 10.1. The Kier molecular flexibility index (Phi) is 5.20. The number of halogens is 2. The molecule has 0 amide bonds. The van der Waals surface area contributed by atoms with Gasteiger partial charge in [0.05, 0.1) is 10.0 Å². The topological polar surface area (TPSA) is 16.1 Å². The highest BCUT2D eigenvalue weighted by molar-refractivity contribution is 6.42. The average molecular weight is 295 g/mol. The van der Waals surface area contributed by atoms with E-state index in [1.807, 2.05) is 42.7 Å². The van der Waals surface area contributed by atoms with Crippen LogP contribution in [-0.4, -0.2) is 23.5 Å². The first-order chi connectivity index (χ1) is 9.15. The van der Waals surface area contributed by atoms with Gasteiger partial charge in [-0.15, -0.1) is 0 Å². The van der Waals surface area contributed by atoms with Gasteiger partial charge in [0.15, 0.2) is 0 Å². The Labute approximate surface area is 124 Å². The van der Waals surface area contributed by atoms with Gasteiger partial charge in [-0.3, -0.25) is 4.98 Å². The molecule has 2 rings (SSSR count). The van der Waals surface area contributed by atoms with E-state index in [4.69, 9.17) is 23.2 Å². The zero-order valence-corrected chi connectivity index (χ0v) is 12.3. The minimum Gasteiger partial charge on any atom is -0.302 e. The standard InChI is InChI=1S/C15H16Cl2N2/c1-19(9-6-12-4-7-18-8-5-12)11-13-2-3-14(16)15(17)10-13/h2-5,7-8,10H,6,9,11H2,1H3. The summed E-state index contributed by atoms with van der Waals surface area (Å²) in [4.78, 5) is 6.28. The van der Waals surface area contributed by atoms with Crippen molar-refractivity contribution < 1.29 is 0 Å². The van der Waals surface area contributed by atoms with E-state index in [1.54, 1.807) is 0 Å². The molecule has 2 nitrogen and oxygen atoms in total. The fraction of sp³-hybridized carbons (Fsp3) is 0.267. The number of rotatable bonds is 5. The van der Waals surface area contributed by atoms with Crippen LogP contribution in [0.15, 0.2) is 42.7 Å². The minimum atomic E-state index is 0.602. The van der Waals surface area contributed by atoms with Crippen LogP contribution in [0, 0.1) is 0 Å². The Balaban J connectivity index is 1.87. The molecule has 2 aromatic rings. The summed E-state index contributed by atoms with van der Waals surface area (Å²) in [5.41, 5.74) is 2.47. The Morgan fingerprint density at radius 1 is 1.00 bits per heavy atom. The van der Waals surface area contributed by atoms with Crippen LogP contribution in [0.25, 0.3) is 0 Å². The molecular formula is C15H16Cl2N2. The van der Waals surface area contributed by atoms with Gasteiger partial charge in [-0.1, -0.05) is 29.3 Å². The monoisotopic (exact) mass is 294 g/mol. The lowest BCUT2D eigenvalue weighted by Crippen LogP contribution is -2.20. The van der Waals surface area contributed by atoms with Crippen LogP contribution in [0.4, 0.5) is 0 Å². The molecule has 4 heteroatoms. The van der Waals surface area contributed by atoms with Crippen LogP contribution < -0.4 is 0 Å². The first kappa shape index (κ1) is 14.3. The maximum atomic E-state index is 6.01. The van der Waals surface area contributed by atoms with Crippen molar-refractivity contribution >= 4 is 23.2 Å². The Morgan fingerprint density at radius 2 is 1.74 bits per heavy atom. The molecule has 0 aliphatic heterocycles. The second-order valence-electron chi connectivity index (χ2n) is 4.59. The molecule has 0 saturated heterocycles. The summed E-state index contributed by atoms with van der Waals surface area (Å²) in [6.45, 7) is 1.85. The van der Waals surface area contributed by atoms with Gasteiger partial charge >= 0.3 is 0 Å². The molecular weight excluding hydrogens is 279 g/mol. The molecule has 100 valence electrons. The van der Waals surface area contributed by atoms with Gasteiger partial charge in [0.2, 0.25) is 0 Å². The summed E-state index contributed by atoms with van der Waals surface area (Å²) in [6, 6.07) is 9.87. The first-order valence-corrected chi connectivity index (χ1v) is 6.92. The van der Waals surface area contributed by atoms with Crippen LogP contribution in [0.5, 0.6) is 0 Å². The van der Waals surface area contributed by atoms with Gasteiger partial charge in [0, 0.05) is 25.5 Å². The van der Waals surface area contributed by atoms with Gasteiger partial charge in [-0.05, 0) is 48.9 Å². The van der Waals surface area contributed by atoms with E-state index in [-0.39, 0.29) is 0 Å². The van der Waals surface area contributed by atoms with Crippen molar-refractivity contribution in [3.63, 3.8) is 0 Å². The van der Waals surface area contributed by atoms with Crippen molar-refractivity contribution in [3.8, 4) is 0 Å². The van der Waals surface area contributed by atoms with E-state index in [9.17, 15) is 0 Å². The summed E-state index contributed by atoms with van der Waals surface area (Å²) < 4.78 is 0. The van der Waals surface area contributed by atoms with E-state index in [0.29, 0.717) is 10.0 Å². The largest absolute Gasteiger partial charge is 0.302 e. The second-order valence-corrected chi connectivity index (χ2v) is 5.41. The molecule has 1 heterocycles. The SMILES string of the molecule is CN(CCc1ccncc1)Cc1ccc(Cl)c(Cl)c1. The van der Waals surface area contributed by atoms with Crippen LogP contribution in [0.1, 0.15) is 11.1 Å². The van der Waals surface area contributed by atoms with E-state index in [0.717, 1.165) is 19.5 Å². The predicted molar refractivity (Wildman–Crippen MR) is 80.7 cm³/mol. The fourth-order valence-corrected chi connectivity index (χ4v) is 2.22. The molecule has 0 radical (unpaired) electrons. The molecule has 0 saturated carbocycles. The van der Waals surface area contributed by atoms with Crippen LogP contribution in [0.2, 0.25) is 10.0 Å². The van der Waals surface area contributed by atoms with E-state index in [1.165, 1.54) is 11.1 Å². The third-order valence-electron chi connectivity index (χ3n) is 2.97. The Bertz CT molecular complexity index is 529. The lowest BCUT2D eigenvalue weighted by molar-refractivity contribution is 0.331. The summed E-state index contributed by atoms with van der Waals surface area (Å²) in [5, 5.41) is 1.21. The number of likely N-dealkylation sites (N-methyl/N-ethyl adjacent to an activating group) is 1. The number of nitrogens with zero attached hydrogens (tertiary/aromatic N) is 2. The Morgan fingerprint density at radius 3 is 2.42 bits per heavy atom. The first-order valence-electron chi connectivity index (χ1n) is 6.16. The van der Waals surface area contributed by atoms with Gasteiger partial charge in [0.1, 0.15) is 0 Å².